The first-order chi connectivity index (χ1) is 11.7. The molecule has 1 heterocycles. The monoisotopic (exact) mass is 330 g/mol. The van der Waals surface area contributed by atoms with Crippen molar-refractivity contribution in [1.82, 2.24) is 0 Å². The first-order valence-electron chi connectivity index (χ1n) is 9.31. The molecule has 1 aliphatic rings. The molecule has 4 rings (SSSR count). The van der Waals surface area contributed by atoms with Gasteiger partial charge in [0.05, 0.1) is 10.9 Å². The maximum atomic E-state index is 2.45. The van der Waals surface area contributed by atoms with Gasteiger partial charge >= 0.3 is 0 Å². The van der Waals surface area contributed by atoms with E-state index in [0.717, 1.165) is 0 Å². The third kappa shape index (κ3) is 2.11. The van der Waals surface area contributed by atoms with Gasteiger partial charge in [-0.2, -0.15) is 0 Å². The van der Waals surface area contributed by atoms with Crippen LogP contribution < -0.4 is 4.57 Å². The van der Waals surface area contributed by atoms with Gasteiger partial charge in [0, 0.05) is 11.5 Å². The third-order valence-corrected chi connectivity index (χ3v) is 6.24. The van der Waals surface area contributed by atoms with Crippen molar-refractivity contribution in [2.45, 2.75) is 52.9 Å². The van der Waals surface area contributed by atoms with Gasteiger partial charge in [0.1, 0.15) is 7.05 Å². The molecule has 1 nitrogen and oxygen atoms in total. The molecule has 0 radical (unpaired) electrons. The van der Waals surface area contributed by atoms with Crippen molar-refractivity contribution in [1.29, 1.82) is 0 Å². The average molecular weight is 330 g/mol. The summed E-state index contributed by atoms with van der Waals surface area (Å²) in [6.07, 6.45) is 2.22. The lowest BCUT2D eigenvalue weighted by Gasteiger charge is -2.35. The Morgan fingerprint density at radius 1 is 0.960 bits per heavy atom. The molecule has 128 valence electrons. The van der Waals surface area contributed by atoms with Gasteiger partial charge in [-0.25, -0.2) is 4.57 Å². The molecule has 3 aromatic rings. The fraction of sp³-hybridized carbons (Fsp3) is 0.375. The lowest BCUT2D eigenvalue weighted by atomic mass is 9.67. The lowest BCUT2D eigenvalue weighted by Crippen LogP contribution is -2.36. The van der Waals surface area contributed by atoms with Crippen molar-refractivity contribution in [3.8, 4) is 11.3 Å². The highest BCUT2D eigenvalue weighted by molar-refractivity contribution is 6.01. The van der Waals surface area contributed by atoms with Crippen LogP contribution >= 0.6 is 0 Å². The fourth-order valence-electron chi connectivity index (χ4n) is 4.44. The third-order valence-electron chi connectivity index (χ3n) is 6.24. The van der Waals surface area contributed by atoms with Crippen LogP contribution in [0.1, 0.15) is 61.4 Å². The van der Waals surface area contributed by atoms with Crippen molar-refractivity contribution in [3.63, 3.8) is 0 Å². The summed E-state index contributed by atoms with van der Waals surface area (Å²) >= 11 is 0. The van der Waals surface area contributed by atoms with Crippen LogP contribution in [0.3, 0.4) is 0 Å². The van der Waals surface area contributed by atoms with Crippen molar-refractivity contribution in [2.24, 2.45) is 7.05 Å². The maximum absolute atomic E-state index is 2.45. The number of aromatic nitrogens is 1. The minimum absolute atomic E-state index is 0.0122. The Morgan fingerprint density at radius 2 is 1.68 bits per heavy atom. The Hall–Kier alpha value is -2.15. The van der Waals surface area contributed by atoms with Crippen LogP contribution in [0.4, 0.5) is 0 Å². The van der Waals surface area contributed by atoms with Crippen LogP contribution in [0.25, 0.3) is 22.0 Å². The number of rotatable bonds is 1. The second-order valence-corrected chi connectivity index (χ2v) is 8.52. The summed E-state index contributed by atoms with van der Waals surface area (Å²) in [6, 6.07) is 11.8. The topological polar surface area (TPSA) is 3.88 Å². The molecule has 1 heteroatoms. The fourth-order valence-corrected chi connectivity index (χ4v) is 4.44. The van der Waals surface area contributed by atoms with Crippen LogP contribution in [0.5, 0.6) is 0 Å². The zero-order valence-corrected chi connectivity index (χ0v) is 16.5. The molecule has 0 unspecified atom stereocenters. The van der Waals surface area contributed by atoms with Crippen LogP contribution in [0.2, 0.25) is 0 Å². The Bertz CT molecular complexity index is 1020. The highest BCUT2D eigenvalue weighted by Crippen LogP contribution is 2.49. The highest BCUT2D eigenvalue weighted by Gasteiger charge is 2.38. The summed E-state index contributed by atoms with van der Waals surface area (Å²) in [5.41, 5.74) is 9.95. The summed E-state index contributed by atoms with van der Waals surface area (Å²) in [7, 11) is 2.18. The van der Waals surface area contributed by atoms with Crippen molar-refractivity contribution in [3.05, 3.63) is 64.3 Å². The molecular weight excluding hydrogens is 302 g/mol. The van der Waals surface area contributed by atoms with E-state index in [4.69, 9.17) is 0 Å². The Labute approximate surface area is 151 Å². The summed E-state index contributed by atoms with van der Waals surface area (Å²) in [6.45, 7) is 13.8. The minimum Gasteiger partial charge on any atom is -0.200 e. The number of nitrogens with zero attached hydrogens (tertiary/aromatic N) is 1. The Balaban J connectivity index is 2.27. The van der Waals surface area contributed by atoms with E-state index in [2.05, 4.69) is 89.7 Å². The molecule has 2 aromatic carbocycles. The molecule has 0 spiro atoms. The molecule has 0 amide bonds. The zero-order chi connectivity index (χ0) is 18.1. The summed E-state index contributed by atoms with van der Waals surface area (Å²) in [5, 5.41) is 2.80. The predicted molar refractivity (Wildman–Crippen MR) is 106 cm³/mol. The first-order valence-corrected chi connectivity index (χ1v) is 9.31. The molecule has 25 heavy (non-hydrogen) atoms. The molecule has 0 bridgehead atoms. The van der Waals surface area contributed by atoms with E-state index in [1.807, 2.05) is 0 Å². The van der Waals surface area contributed by atoms with Crippen LogP contribution in [0.15, 0.2) is 36.5 Å². The van der Waals surface area contributed by atoms with Gasteiger partial charge in [-0.1, -0.05) is 52.0 Å². The Kier molecular flexibility index (Phi) is 3.38. The molecule has 1 aliphatic carbocycles. The molecule has 0 saturated carbocycles. The number of hydrogen-bond acceptors (Lipinski definition) is 0. The van der Waals surface area contributed by atoms with Crippen LogP contribution in [-0.2, 0) is 12.5 Å². The first kappa shape index (κ1) is 16.3. The van der Waals surface area contributed by atoms with Gasteiger partial charge in [0.2, 0.25) is 5.69 Å². The largest absolute Gasteiger partial charge is 0.221 e. The molecule has 0 N–H and O–H groups in total. The summed E-state index contributed by atoms with van der Waals surface area (Å²) in [4.78, 5) is 0. The standard InChI is InChI=1S/C24H28N/c1-14(2)18-12-17-10-11-25(7)23-21-16(4)15(3)8-9-19(21)24(5,6)20(13-18)22(17)23/h8-14H,1-7H3/q+1. The van der Waals surface area contributed by atoms with Crippen LogP contribution in [0, 0.1) is 13.8 Å². The SMILES string of the molecule is Cc1ccc2c(c1C)-c1c3c(cc(C(C)C)cc3cc[n+]1C)C2(C)C. The van der Waals surface area contributed by atoms with Crippen molar-refractivity contribution in [2.75, 3.05) is 0 Å². The van der Waals surface area contributed by atoms with E-state index in [-0.39, 0.29) is 5.41 Å². The zero-order valence-electron chi connectivity index (χ0n) is 16.5. The number of pyridine rings is 1. The van der Waals surface area contributed by atoms with Gasteiger partial charge in [0.15, 0.2) is 6.20 Å². The van der Waals surface area contributed by atoms with Crippen molar-refractivity contribution < 1.29 is 4.57 Å². The summed E-state index contributed by atoms with van der Waals surface area (Å²) < 4.78 is 2.31. The minimum atomic E-state index is 0.0122. The summed E-state index contributed by atoms with van der Waals surface area (Å²) in [5.74, 6) is 0.537. The number of aryl methyl sites for hydroxylation is 2. The van der Waals surface area contributed by atoms with Gasteiger partial charge < -0.3 is 0 Å². The maximum Gasteiger partial charge on any atom is 0.221 e. The molecule has 0 saturated heterocycles. The predicted octanol–water partition coefficient (Wildman–Crippen LogP) is 5.71. The van der Waals surface area contributed by atoms with Gasteiger partial charge in [-0.05, 0) is 53.0 Å². The second kappa shape index (κ2) is 5.17. The van der Waals surface area contributed by atoms with E-state index in [1.165, 1.54) is 49.8 Å². The van der Waals surface area contributed by atoms with E-state index >= 15 is 0 Å². The lowest BCUT2D eigenvalue weighted by molar-refractivity contribution is -0.659. The number of hydrogen-bond donors (Lipinski definition) is 0. The normalized spacial score (nSPS) is 14.9. The van der Waals surface area contributed by atoms with Gasteiger partial charge in [0.25, 0.3) is 0 Å². The van der Waals surface area contributed by atoms with Crippen LogP contribution in [-0.4, -0.2) is 0 Å². The smallest absolute Gasteiger partial charge is 0.200 e. The Morgan fingerprint density at radius 3 is 2.36 bits per heavy atom. The van der Waals surface area contributed by atoms with E-state index in [0.29, 0.717) is 5.92 Å². The second-order valence-electron chi connectivity index (χ2n) is 8.52. The number of benzene rings is 2. The number of fused-ring (bicyclic) bond motifs is 2. The van der Waals surface area contributed by atoms with Gasteiger partial charge in [-0.3, -0.25) is 0 Å². The van der Waals surface area contributed by atoms with E-state index < -0.39 is 0 Å². The highest BCUT2D eigenvalue weighted by atomic mass is 14.9. The van der Waals surface area contributed by atoms with E-state index in [9.17, 15) is 0 Å². The average Bonchev–Trinajstić information content (AvgIpc) is 2.56. The molecule has 0 fully saturated rings. The van der Waals surface area contributed by atoms with E-state index in [1.54, 1.807) is 0 Å². The molecule has 0 atom stereocenters. The quantitative estimate of drug-likeness (QED) is 0.503. The van der Waals surface area contributed by atoms with Crippen molar-refractivity contribution >= 4 is 10.8 Å². The van der Waals surface area contributed by atoms with Gasteiger partial charge in [-0.15, -0.1) is 0 Å². The molecule has 0 aliphatic heterocycles. The molecular formula is C24H28N+. The molecule has 1 aromatic heterocycles.